The number of benzene rings is 3. The van der Waals surface area contributed by atoms with Crippen LogP contribution in [0, 0.1) is 18.8 Å². The number of aryl methyl sites for hydroxylation is 1. The summed E-state index contributed by atoms with van der Waals surface area (Å²) in [7, 11) is -3.30. The van der Waals surface area contributed by atoms with Crippen LogP contribution in [0.3, 0.4) is 0 Å². The van der Waals surface area contributed by atoms with Gasteiger partial charge in [-0.15, -0.1) is 17.3 Å². The highest BCUT2D eigenvalue weighted by molar-refractivity contribution is 7.90. The summed E-state index contributed by atoms with van der Waals surface area (Å²) in [5.41, 5.74) is 4.76. The molecule has 0 fully saturated rings. The fourth-order valence-corrected chi connectivity index (χ4v) is 5.65. The molecule has 0 aliphatic carbocycles. The zero-order chi connectivity index (χ0) is 25.9. The number of ether oxygens (including phenoxy) is 1. The average molecular weight is 519 g/mol. The second kappa shape index (κ2) is 10.6. The number of sulfone groups is 1. The van der Waals surface area contributed by atoms with Crippen molar-refractivity contribution in [2.45, 2.75) is 37.7 Å². The topological polar surface area (TPSA) is 80.7 Å². The molecular weight excluding hydrogens is 492 g/mol. The van der Waals surface area contributed by atoms with Gasteiger partial charge in [0, 0.05) is 21.9 Å². The van der Waals surface area contributed by atoms with Gasteiger partial charge in [0.15, 0.2) is 9.84 Å². The van der Waals surface area contributed by atoms with Crippen LogP contribution in [0.25, 0.3) is 21.2 Å². The van der Waals surface area contributed by atoms with E-state index in [-0.39, 0.29) is 12.3 Å². The van der Waals surface area contributed by atoms with E-state index in [0.717, 1.165) is 37.9 Å². The van der Waals surface area contributed by atoms with E-state index in [4.69, 9.17) is 9.84 Å². The third kappa shape index (κ3) is 5.78. The minimum absolute atomic E-state index is 0.0450. The summed E-state index contributed by atoms with van der Waals surface area (Å²) in [6.07, 6.45) is 1.18. The molecule has 1 unspecified atom stereocenters. The Hall–Kier alpha value is -3.60. The molecule has 0 amide bonds. The van der Waals surface area contributed by atoms with Gasteiger partial charge >= 0.3 is 5.97 Å². The van der Waals surface area contributed by atoms with E-state index < -0.39 is 15.8 Å². The van der Waals surface area contributed by atoms with Gasteiger partial charge in [-0.1, -0.05) is 30.2 Å². The Morgan fingerprint density at radius 3 is 2.47 bits per heavy atom. The SMILES string of the molecule is CC#CC(CC(=O)O)c1ccc(OCc2ccc3scc(-c4cc(S(C)(=O)=O)ccc4C)c3c2)cc1. The lowest BCUT2D eigenvalue weighted by Gasteiger charge is -2.11. The van der Waals surface area contributed by atoms with Crippen molar-refractivity contribution in [3.8, 4) is 28.7 Å². The molecule has 0 aliphatic rings. The van der Waals surface area contributed by atoms with E-state index in [2.05, 4.69) is 29.4 Å². The largest absolute Gasteiger partial charge is 0.489 e. The lowest BCUT2D eigenvalue weighted by atomic mass is 9.96. The van der Waals surface area contributed by atoms with Gasteiger partial charge in [0.1, 0.15) is 12.4 Å². The van der Waals surface area contributed by atoms with Crippen molar-refractivity contribution in [2.24, 2.45) is 0 Å². The number of carboxylic acid groups (broad SMARTS) is 1. The molecule has 4 rings (SSSR count). The van der Waals surface area contributed by atoms with Gasteiger partial charge in [0.2, 0.25) is 0 Å². The second-order valence-electron chi connectivity index (χ2n) is 8.63. The van der Waals surface area contributed by atoms with Crippen LogP contribution in [0.4, 0.5) is 0 Å². The van der Waals surface area contributed by atoms with Crippen molar-refractivity contribution < 1.29 is 23.1 Å². The number of carbonyl (C=O) groups is 1. The molecule has 5 nitrogen and oxygen atoms in total. The Bertz CT molecular complexity index is 1590. The van der Waals surface area contributed by atoms with Crippen LogP contribution in [0.2, 0.25) is 0 Å². The molecule has 1 N–H and O–H groups in total. The third-order valence-electron chi connectivity index (χ3n) is 5.95. The van der Waals surface area contributed by atoms with Crippen molar-refractivity contribution in [2.75, 3.05) is 6.26 Å². The minimum Gasteiger partial charge on any atom is -0.489 e. The molecule has 0 bridgehead atoms. The highest BCUT2D eigenvalue weighted by Gasteiger charge is 2.15. The van der Waals surface area contributed by atoms with Crippen LogP contribution in [0.5, 0.6) is 5.75 Å². The molecule has 1 aromatic heterocycles. The lowest BCUT2D eigenvalue weighted by Crippen LogP contribution is -2.04. The Balaban J connectivity index is 1.56. The van der Waals surface area contributed by atoms with Gasteiger partial charge in [-0.3, -0.25) is 4.79 Å². The normalized spacial score (nSPS) is 12.1. The Morgan fingerprint density at radius 2 is 1.81 bits per heavy atom. The van der Waals surface area contributed by atoms with E-state index in [1.165, 1.54) is 6.26 Å². The molecule has 1 heterocycles. The van der Waals surface area contributed by atoms with Crippen molar-refractivity contribution >= 4 is 37.2 Å². The predicted molar refractivity (Wildman–Crippen MR) is 144 cm³/mol. The standard InChI is InChI=1S/C29H26O5S2/c1-4-5-22(15-29(30)31)21-8-10-23(11-9-21)34-17-20-7-13-28-26(14-20)27(18-35-28)25-16-24(36(3,32)33)12-6-19(25)2/h6-14,16,18,22H,15,17H2,1-3H3,(H,30,31). The summed E-state index contributed by atoms with van der Waals surface area (Å²) in [4.78, 5) is 11.4. The Kier molecular flexibility index (Phi) is 7.48. The summed E-state index contributed by atoms with van der Waals surface area (Å²) in [6, 6.07) is 18.8. The number of rotatable bonds is 8. The number of aliphatic carboxylic acids is 1. The van der Waals surface area contributed by atoms with E-state index >= 15 is 0 Å². The molecule has 4 aromatic rings. The molecule has 0 saturated heterocycles. The van der Waals surface area contributed by atoms with E-state index in [9.17, 15) is 13.2 Å². The molecule has 184 valence electrons. The summed E-state index contributed by atoms with van der Waals surface area (Å²) >= 11 is 1.62. The molecule has 3 aromatic carbocycles. The first-order valence-corrected chi connectivity index (χ1v) is 14.1. The van der Waals surface area contributed by atoms with Gasteiger partial charge in [0.25, 0.3) is 0 Å². The number of hydrogen-bond donors (Lipinski definition) is 1. The van der Waals surface area contributed by atoms with Crippen LogP contribution in [0.15, 0.2) is 70.9 Å². The maximum atomic E-state index is 12.1. The molecule has 0 radical (unpaired) electrons. The van der Waals surface area contributed by atoms with E-state index in [1.807, 2.05) is 43.3 Å². The monoisotopic (exact) mass is 518 g/mol. The number of hydrogen-bond acceptors (Lipinski definition) is 5. The highest BCUT2D eigenvalue weighted by Crippen LogP contribution is 2.37. The smallest absolute Gasteiger partial charge is 0.304 e. The van der Waals surface area contributed by atoms with E-state index in [1.54, 1.807) is 30.4 Å². The van der Waals surface area contributed by atoms with E-state index in [0.29, 0.717) is 17.3 Å². The zero-order valence-corrected chi connectivity index (χ0v) is 21.9. The van der Waals surface area contributed by atoms with Gasteiger partial charge in [0.05, 0.1) is 17.2 Å². The highest BCUT2D eigenvalue weighted by atomic mass is 32.2. The molecule has 0 saturated carbocycles. The Labute approximate surface area is 215 Å². The summed E-state index contributed by atoms with van der Waals surface area (Å²) in [6.45, 7) is 4.04. The fraction of sp³-hybridized carbons (Fsp3) is 0.207. The predicted octanol–water partition coefficient (Wildman–Crippen LogP) is 6.44. The molecule has 36 heavy (non-hydrogen) atoms. The van der Waals surface area contributed by atoms with Crippen molar-refractivity contribution in [3.05, 3.63) is 82.7 Å². The molecule has 7 heteroatoms. The average Bonchev–Trinajstić information content (AvgIpc) is 3.25. The second-order valence-corrected chi connectivity index (χ2v) is 11.6. The van der Waals surface area contributed by atoms with Crippen LogP contribution in [-0.4, -0.2) is 25.7 Å². The fourth-order valence-electron chi connectivity index (χ4n) is 4.06. The summed E-state index contributed by atoms with van der Waals surface area (Å²) in [5, 5.41) is 12.3. The molecule has 0 aliphatic heterocycles. The zero-order valence-electron chi connectivity index (χ0n) is 20.2. The maximum absolute atomic E-state index is 12.1. The third-order valence-corrected chi connectivity index (χ3v) is 8.02. The van der Waals surface area contributed by atoms with Crippen LogP contribution < -0.4 is 4.74 Å². The maximum Gasteiger partial charge on any atom is 0.304 e. The van der Waals surface area contributed by atoms with Crippen molar-refractivity contribution in [3.63, 3.8) is 0 Å². The lowest BCUT2D eigenvalue weighted by molar-refractivity contribution is -0.137. The molecule has 0 spiro atoms. The van der Waals surface area contributed by atoms with Crippen LogP contribution in [-0.2, 0) is 21.2 Å². The summed E-state index contributed by atoms with van der Waals surface area (Å²) in [5.74, 6) is 5.19. The number of carboxylic acids is 1. The molecular formula is C29H26O5S2. The minimum atomic E-state index is -3.30. The first-order chi connectivity index (χ1) is 17.2. The molecule has 1 atom stereocenters. The van der Waals surface area contributed by atoms with Crippen molar-refractivity contribution in [1.82, 2.24) is 0 Å². The van der Waals surface area contributed by atoms with Gasteiger partial charge < -0.3 is 9.84 Å². The number of fused-ring (bicyclic) bond motifs is 1. The first kappa shape index (κ1) is 25.5. The van der Waals surface area contributed by atoms with Crippen molar-refractivity contribution in [1.29, 1.82) is 0 Å². The Morgan fingerprint density at radius 1 is 1.06 bits per heavy atom. The van der Waals surface area contributed by atoms with Crippen LogP contribution in [0.1, 0.15) is 36.0 Å². The van der Waals surface area contributed by atoms with Crippen LogP contribution >= 0.6 is 11.3 Å². The number of thiophene rings is 1. The van der Waals surface area contributed by atoms with Gasteiger partial charge in [-0.2, -0.15) is 0 Å². The van der Waals surface area contributed by atoms with Gasteiger partial charge in [-0.05, 0) is 77.9 Å². The quantitative estimate of drug-likeness (QED) is 0.272. The van der Waals surface area contributed by atoms with Gasteiger partial charge in [-0.25, -0.2) is 8.42 Å². The first-order valence-electron chi connectivity index (χ1n) is 11.3. The summed E-state index contributed by atoms with van der Waals surface area (Å²) < 4.78 is 31.3.